The zero-order chi connectivity index (χ0) is 24.0. The quantitative estimate of drug-likeness (QED) is 0.214. The number of benzene rings is 1. The van der Waals surface area contributed by atoms with E-state index in [0.717, 1.165) is 12.8 Å². The molecule has 178 valence electrons. The van der Waals surface area contributed by atoms with E-state index in [-0.39, 0.29) is 5.91 Å². The Balaban J connectivity index is 1.28. The van der Waals surface area contributed by atoms with Crippen molar-refractivity contribution in [3.63, 3.8) is 0 Å². The van der Waals surface area contributed by atoms with Gasteiger partial charge in [-0.15, -0.1) is 0 Å². The molecule has 0 spiro atoms. The Morgan fingerprint density at radius 2 is 2.06 bits per heavy atom. The lowest BCUT2D eigenvalue weighted by atomic mass is 10.3. The van der Waals surface area contributed by atoms with Gasteiger partial charge in [-0.25, -0.2) is 4.98 Å². The molecule has 3 aromatic heterocycles. The molecule has 1 saturated carbocycles. The number of amides is 1. The third kappa shape index (κ3) is 5.92. The number of fused-ring (bicyclic) bond motifs is 1. The summed E-state index contributed by atoms with van der Waals surface area (Å²) in [5.74, 6) is 1.41. The van der Waals surface area contributed by atoms with E-state index in [0.29, 0.717) is 65.2 Å². The summed E-state index contributed by atoms with van der Waals surface area (Å²) in [6.45, 7) is 4.48. The maximum Gasteiger partial charge on any atom is 0.247 e. The summed E-state index contributed by atoms with van der Waals surface area (Å²) in [4.78, 5) is 28.0. The molecule has 10 nitrogen and oxygen atoms in total. The Hall–Kier alpha value is -4.44. The van der Waals surface area contributed by atoms with Crippen molar-refractivity contribution in [2.24, 2.45) is 0 Å². The van der Waals surface area contributed by atoms with Crippen LogP contribution in [0.15, 0.2) is 67.5 Å². The number of aromatic amines is 1. The molecule has 4 aromatic rings. The van der Waals surface area contributed by atoms with Gasteiger partial charge in [0.2, 0.25) is 23.6 Å². The SMILES string of the molecule is C=CC(=O)Nc1cccc(Oc2nc(Nc3ccc(OCCOC4CC4)nc3)nc3[nH]ccc23)c1. The fourth-order valence-corrected chi connectivity index (χ4v) is 3.25. The first-order valence-electron chi connectivity index (χ1n) is 11.2. The molecule has 1 amide bonds. The highest BCUT2D eigenvalue weighted by atomic mass is 16.5. The number of anilines is 3. The largest absolute Gasteiger partial charge is 0.475 e. The molecular formula is C25H24N6O4. The van der Waals surface area contributed by atoms with Gasteiger partial charge >= 0.3 is 0 Å². The molecule has 0 saturated heterocycles. The molecule has 1 aromatic carbocycles. The van der Waals surface area contributed by atoms with Crippen molar-refractivity contribution in [1.82, 2.24) is 19.9 Å². The van der Waals surface area contributed by atoms with Gasteiger partial charge in [0.1, 0.15) is 18.0 Å². The van der Waals surface area contributed by atoms with Crippen molar-refractivity contribution < 1.29 is 19.0 Å². The molecule has 1 aliphatic carbocycles. The fraction of sp³-hybridized carbons (Fsp3) is 0.200. The van der Waals surface area contributed by atoms with Crippen molar-refractivity contribution in [2.75, 3.05) is 23.8 Å². The normalized spacial score (nSPS) is 12.8. The number of pyridine rings is 1. The second-order valence-corrected chi connectivity index (χ2v) is 7.84. The number of hydrogen-bond donors (Lipinski definition) is 3. The predicted octanol–water partition coefficient (Wildman–Crippen LogP) is 4.57. The van der Waals surface area contributed by atoms with Crippen LogP contribution >= 0.6 is 0 Å². The number of nitrogens with zero attached hydrogens (tertiary/aromatic N) is 3. The van der Waals surface area contributed by atoms with E-state index in [1.54, 1.807) is 42.7 Å². The standard InChI is InChI=1S/C25H24N6O4/c1-2-21(32)28-16-4-3-5-19(14-16)35-24-20-10-11-26-23(20)30-25(31-24)29-17-6-9-22(27-15-17)34-13-12-33-18-7-8-18/h2-6,9-11,14-15,18H,1,7-8,12-13H2,(H,28,32)(H2,26,29,30,31). The maximum absolute atomic E-state index is 11.6. The minimum absolute atomic E-state index is 0.305. The molecule has 10 heteroatoms. The van der Waals surface area contributed by atoms with Crippen molar-refractivity contribution >= 4 is 34.3 Å². The lowest BCUT2D eigenvalue weighted by molar-refractivity contribution is -0.111. The number of nitrogens with one attached hydrogen (secondary N) is 3. The Morgan fingerprint density at radius 1 is 1.14 bits per heavy atom. The van der Waals surface area contributed by atoms with E-state index >= 15 is 0 Å². The van der Waals surface area contributed by atoms with Crippen LogP contribution in [0.1, 0.15) is 12.8 Å². The second kappa shape index (κ2) is 10.2. The molecule has 0 bridgehead atoms. The molecule has 0 radical (unpaired) electrons. The Morgan fingerprint density at radius 3 is 2.86 bits per heavy atom. The summed E-state index contributed by atoms with van der Waals surface area (Å²) in [6.07, 6.45) is 7.30. The van der Waals surface area contributed by atoms with Gasteiger partial charge in [0.25, 0.3) is 0 Å². The molecule has 1 aliphatic rings. The van der Waals surface area contributed by atoms with Gasteiger partial charge in [0.15, 0.2) is 0 Å². The first-order chi connectivity index (χ1) is 17.2. The molecule has 0 atom stereocenters. The average molecular weight is 473 g/mol. The number of ether oxygens (including phenoxy) is 3. The summed E-state index contributed by atoms with van der Waals surface area (Å²) in [7, 11) is 0. The van der Waals surface area contributed by atoms with E-state index in [1.165, 1.54) is 6.08 Å². The Kier molecular flexibility index (Phi) is 6.53. The zero-order valence-corrected chi connectivity index (χ0v) is 18.9. The van der Waals surface area contributed by atoms with Crippen LogP contribution in [0.4, 0.5) is 17.3 Å². The summed E-state index contributed by atoms with van der Waals surface area (Å²) < 4.78 is 17.2. The Labute approximate surface area is 201 Å². The number of carbonyl (C=O) groups excluding carboxylic acids is 1. The molecule has 0 aliphatic heterocycles. The minimum Gasteiger partial charge on any atom is -0.475 e. The Bertz CT molecular complexity index is 1330. The van der Waals surface area contributed by atoms with E-state index in [2.05, 4.69) is 37.1 Å². The average Bonchev–Trinajstić information content (AvgIpc) is 3.57. The van der Waals surface area contributed by atoms with Crippen molar-refractivity contribution in [2.45, 2.75) is 18.9 Å². The van der Waals surface area contributed by atoms with E-state index < -0.39 is 0 Å². The minimum atomic E-state index is -0.305. The molecule has 3 N–H and O–H groups in total. The van der Waals surface area contributed by atoms with Gasteiger partial charge in [-0.3, -0.25) is 4.79 Å². The molecule has 3 heterocycles. The summed E-state index contributed by atoms with van der Waals surface area (Å²) in [6, 6.07) is 12.4. The molecule has 0 unspecified atom stereocenters. The van der Waals surface area contributed by atoms with Gasteiger partial charge in [0.05, 0.1) is 30.0 Å². The highest BCUT2D eigenvalue weighted by molar-refractivity contribution is 5.99. The third-order valence-corrected chi connectivity index (χ3v) is 5.09. The smallest absolute Gasteiger partial charge is 0.247 e. The van der Waals surface area contributed by atoms with E-state index in [4.69, 9.17) is 14.2 Å². The first-order valence-corrected chi connectivity index (χ1v) is 11.2. The third-order valence-electron chi connectivity index (χ3n) is 5.09. The van der Waals surface area contributed by atoms with Gasteiger partial charge in [-0.2, -0.15) is 9.97 Å². The summed E-state index contributed by atoms with van der Waals surface area (Å²) in [5.41, 5.74) is 1.88. The first kappa shape index (κ1) is 22.4. The van der Waals surface area contributed by atoms with Gasteiger partial charge < -0.3 is 29.8 Å². The van der Waals surface area contributed by atoms with Crippen LogP contribution in [-0.4, -0.2) is 45.2 Å². The van der Waals surface area contributed by atoms with Crippen molar-refractivity contribution in [3.8, 4) is 17.5 Å². The highest BCUT2D eigenvalue weighted by Gasteiger charge is 2.21. The zero-order valence-electron chi connectivity index (χ0n) is 18.9. The summed E-state index contributed by atoms with van der Waals surface area (Å²) >= 11 is 0. The fourth-order valence-electron chi connectivity index (χ4n) is 3.25. The van der Waals surface area contributed by atoms with Crippen molar-refractivity contribution in [1.29, 1.82) is 0 Å². The number of H-pyrrole nitrogens is 1. The predicted molar refractivity (Wildman–Crippen MR) is 131 cm³/mol. The molecular weight excluding hydrogens is 448 g/mol. The number of carbonyl (C=O) groups is 1. The van der Waals surface area contributed by atoms with Crippen LogP contribution < -0.4 is 20.1 Å². The van der Waals surface area contributed by atoms with E-state index in [1.807, 2.05) is 12.1 Å². The van der Waals surface area contributed by atoms with Crippen LogP contribution in [0, 0.1) is 0 Å². The molecule has 35 heavy (non-hydrogen) atoms. The van der Waals surface area contributed by atoms with Crippen LogP contribution in [0.3, 0.4) is 0 Å². The van der Waals surface area contributed by atoms with Crippen LogP contribution in [-0.2, 0) is 9.53 Å². The van der Waals surface area contributed by atoms with Gasteiger partial charge in [-0.1, -0.05) is 12.6 Å². The van der Waals surface area contributed by atoms with Crippen LogP contribution in [0.5, 0.6) is 17.5 Å². The van der Waals surface area contributed by atoms with E-state index in [9.17, 15) is 4.79 Å². The number of aromatic nitrogens is 4. The molecule has 5 rings (SSSR count). The monoisotopic (exact) mass is 472 g/mol. The maximum atomic E-state index is 11.6. The topological polar surface area (TPSA) is 123 Å². The van der Waals surface area contributed by atoms with Crippen LogP contribution in [0.25, 0.3) is 11.0 Å². The molecule has 1 fully saturated rings. The lowest BCUT2D eigenvalue weighted by Crippen LogP contribution is -2.08. The number of rotatable bonds is 11. The van der Waals surface area contributed by atoms with Gasteiger partial charge in [0, 0.05) is 24.0 Å². The van der Waals surface area contributed by atoms with Crippen molar-refractivity contribution in [3.05, 3.63) is 67.5 Å². The summed E-state index contributed by atoms with van der Waals surface area (Å²) in [5, 5.41) is 6.57. The lowest BCUT2D eigenvalue weighted by Gasteiger charge is -2.11. The highest BCUT2D eigenvalue weighted by Crippen LogP contribution is 2.30. The number of hydrogen-bond acceptors (Lipinski definition) is 8. The van der Waals surface area contributed by atoms with Gasteiger partial charge in [-0.05, 0) is 43.2 Å². The van der Waals surface area contributed by atoms with Crippen LogP contribution in [0.2, 0.25) is 0 Å². The second-order valence-electron chi connectivity index (χ2n) is 7.84.